The molecule has 0 aliphatic heterocycles. The second kappa shape index (κ2) is 7.51. The van der Waals surface area contributed by atoms with E-state index in [1.54, 1.807) is 0 Å². The first-order chi connectivity index (χ1) is 11.5. The van der Waals surface area contributed by atoms with Crippen LogP contribution in [0, 0.1) is 18.8 Å². The summed E-state index contributed by atoms with van der Waals surface area (Å²) >= 11 is 1.47. The Labute approximate surface area is 147 Å². The maximum Gasteiger partial charge on any atom is 0.230 e. The minimum absolute atomic E-state index is 0.0975. The molecule has 2 aromatic rings. The summed E-state index contributed by atoms with van der Waals surface area (Å²) < 4.78 is 0. The molecule has 1 aliphatic rings. The lowest BCUT2D eigenvalue weighted by Crippen LogP contribution is -2.44. The molecule has 5 heteroatoms. The van der Waals surface area contributed by atoms with Crippen molar-refractivity contribution in [3.63, 3.8) is 0 Å². The van der Waals surface area contributed by atoms with E-state index in [2.05, 4.69) is 29.1 Å². The molecule has 0 spiro atoms. The quantitative estimate of drug-likeness (QED) is 0.854. The number of thioether (sulfide) groups is 1. The predicted molar refractivity (Wildman–Crippen MR) is 99.1 cm³/mol. The Hall–Kier alpha value is -1.62. The summed E-state index contributed by atoms with van der Waals surface area (Å²) in [6.45, 7) is 6.48. The molecule has 24 heavy (non-hydrogen) atoms. The number of amides is 1. The summed E-state index contributed by atoms with van der Waals surface area (Å²) in [6, 6.07) is 8.15. The molecule has 0 unspecified atom stereocenters. The normalized spacial score (nSPS) is 24.0. The molecule has 3 rings (SSSR count). The van der Waals surface area contributed by atoms with Crippen molar-refractivity contribution in [2.45, 2.75) is 51.1 Å². The Balaban J connectivity index is 1.61. The van der Waals surface area contributed by atoms with Crippen molar-refractivity contribution in [2.75, 3.05) is 5.75 Å². The minimum atomic E-state index is 0.0975. The number of carbonyl (C=O) groups is 1. The highest BCUT2D eigenvalue weighted by molar-refractivity contribution is 7.99. The van der Waals surface area contributed by atoms with Gasteiger partial charge in [0.2, 0.25) is 5.91 Å². The molecule has 1 N–H and O–H groups in total. The van der Waals surface area contributed by atoms with Crippen molar-refractivity contribution in [3.8, 4) is 0 Å². The second-order valence-corrected chi connectivity index (χ2v) is 7.80. The van der Waals surface area contributed by atoms with Gasteiger partial charge in [-0.05, 0) is 37.3 Å². The Kier molecular flexibility index (Phi) is 5.39. The molecule has 0 saturated heterocycles. The molecule has 1 heterocycles. The first kappa shape index (κ1) is 17.2. The van der Waals surface area contributed by atoms with Crippen molar-refractivity contribution >= 4 is 28.7 Å². The number of benzene rings is 1. The lowest BCUT2D eigenvalue weighted by molar-refractivity contribution is -0.119. The molecule has 1 aromatic heterocycles. The molecule has 1 saturated carbocycles. The average Bonchev–Trinajstić information content (AvgIpc) is 2.57. The van der Waals surface area contributed by atoms with Crippen LogP contribution in [0.1, 0.15) is 38.8 Å². The first-order valence-electron chi connectivity index (χ1n) is 8.70. The number of aryl methyl sites for hydroxylation is 1. The summed E-state index contributed by atoms with van der Waals surface area (Å²) in [5.74, 6) is 1.73. The Bertz CT molecular complexity index is 734. The van der Waals surface area contributed by atoms with Crippen LogP contribution in [-0.2, 0) is 4.79 Å². The Morgan fingerprint density at radius 3 is 2.67 bits per heavy atom. The lowest BCUT2D eigenvalue weighted by Gasteiger charge is -2.34. The summed E-state index contributed by atoms with van der Waals surface area (Å²) in [6.07, 6.45) is 3.57. The SMILES string of the molecule is Cc1nc2ccccc2nc1SCC(=O)N[C@@H]1CCC[C@H](C)[C@H]1C. The molecule has 1 fully saturated rings. The summed E-state index contributed by atoms with van der Waals surface area (Å²) in [5.41, 5.74) is 2.65. The van der Waals surface area contributed by atoms with E-state index in [0.717, 1.165) is 28.2 Å². The smallest absolute Gasteiger partial charge is 0.230 e. The van der Waals surface area contributed by atoms with Crippen molar-refractivity contribution in [1.29, 1.82) is 0 Å². The molecule has 4 nitrogen and oxygen atoms in total. The van der Waals surface area contributed by atoms with Gasteiger partial charge in [0.15, 0.2) is 0 Å². The molecule has 3 atom stereocenters. The number of aromatic nitrogens is 2. The summed E-state index contributed by atoms with van der Waals surface area (Å²) in [4.78, 5) is 21.5. The van der Waals surface area contributed by atoms with Gasteiger partial charge < -0.3 is 5.32 Å². The Morgan fingerprint density at radius 2 is 1.92 bits per heavy atom. The minimum Gasteiger partial charge on any atom is -0.352 e. The number of rotatable bonds is 4. The lowest BCUT2D eigenvalue weighted by atomic mass is 9.78. The molecule has 1 aliphatic carbocycles. The molecule has 128 valence electrons. The molecule has 0 bridgehead atoms. The van der Waals surface area contributed by atoms with E-state index in [0.29, 0.717) is 23.6 Å². The van der Waals surface area contributed by atoms with E-state index in [-0.39, 0.29) is 5.91 Å². The molecule has 1 aromatic carbocycles. The zero-order chi connectivity index (χ0) is 17.1. The van der Waals surface area contributed by atoms with Crippen LogP contribution < -0.4 is 5.32 Å². The topological polar surface area (TPSA) is 54.9 Å². The van der Waals surface area contributed by atoms with Crippen molar-refractivity contribution in [1.82, 2.24) is 15.3 Å². The van der Waals surface area contributed by atoms with Gasteiger partial charge >= 0.3 is 0 Å². The third kappa shape index (κ3) is 3.89. The summed E-state index contributed by atoms with van der Waals surface area (Å²) in [5, 5.41) is 4.06. The molecule has 0 radical (unpaired) electrons. The maximum absolute atomic E-state index is 12.3. The predicted octanol–water partition coefficient (Wildman–Crippen LogP) is 3.97. The molecule has 1 amide bonds. The highest BCUT2D eigenvalue weighted by Crippen LogP contribution is 2.29. The highest BCUT2D eigenvalue weighted by Gasteiger charge is 2.28. The van der Waals surface area contributed by atoms with Crippen molar-refractivity contribution < 1.29 is 4.79 Å². The van der Waals surface area contributed by atoms with Gasteiger partial charge in [0.1, 0.15) is 5.03 Å². The number of hydrogen-bond acceptors (Lipinski definition) is 4. The number of nitrogens with one attached hydrogen (secondary N) is 1. The maximum atomic E-state index is 12.3. The van der Waals surface area contributed by atoms with Gasteiger partial charge in [-0.15, -0.1) is 0 Å². The zero-order valence-electron chi connectivity index (χ0n) is 14.6. The molecular formula is C19H25N3OS. The fourth-order valence-corrected chi connectivity index (χ4v) is 4.15. The number of hydrogen-bond donors (Lipinski definition) is 1. The average molecular weight is 343 g/mol. The van der Waals surface area contributed by atoms with Crippen LogP contribution in [0.4, 0.5) is 0 Å². The highest BCUT2D eigenvalue weighted by atomic mass is 32.2. The van der Waals surface area contributed by atoms with E-state index in [1.165, 1.54) is 24.6 Å². The second-order valence-electron chi connectivity index (χ2n) is 6.83. The third-order valence-corrected chi connectivity index (χ3v) is 6.16. The fraction of sp³-hybridized carbons (Fsp3) is 0.526. The van der Waals surface area contributed by atoms with Gasteiger partial charge in [0, 0.05) is 6.04 Å². The monoisotopic (exact) mass is 343 g/mol. The van der Waals surface area contributed by atoms with Crippen LogP contribution in [0.25, 0.3) is 11.0 Å². The van der Waals surface area contributed by atoms with Crippen LogP contribution in [0.2, 0.25) is 0 Å². The van der Waals surface area contributed by atoms with E-state index in [9.17, 15) is 4.79 Å². The van der Waals surface area contributed by atoms with E-state index < -0.39 is 0 Å². The van der Waals surface area contributed by atoms with Crippen LogP contribution in [-0.4, -0.2) is 27.7 Å². The van der Waals surface area contributed by atoms with Crippen LogP contribution in [0.15, 0.2) is 29.3 Å². The van der Waals surface area contributed by atoms with E-state index in [1.807, 2.05) is 31.2 Å². The van der Waals surface area contributed by atoms with Gasteiger partial charge in [0.25, 0.3) is 0 Å². The van der Waals surface area contributed by atoms with E-state index >= 15 is 0 Å². The zero-order valence-corrected chi connectivity index (χ0v) is 15.4. The van der Waals surface area contributed by atoms with Gasteiger partial charge in [0.05, 0.1) is 22.5 Å². The van der Waals surface area contributed by atoms with Gasteiger partial charge in [-0.1, -0.05) is 50.6 Å². The van der Waals surface area contributed by atoms with Crippen molar-refractivity contribution in [2.24, 2.45) is 11.8 Å². The Morgan fingerprint density at radius 1 is 1.21 bits per heavy atom. The third-order valence-electron chi connectivity index (χ3n) is 5.09. The van der Waals surface area contributed by atoms with Crippen molar-refractivity contribution in [3.05, 3.63) is 30.0 Å². The van der Waals surface area contributed by atoms with Crippen LogP contribution in [0.3, 0.4) is 0 Å². The largest absolute Gasteiger partial charge is 0.352 e. The first-order valence-corrected chi connectivity index (χ1v) is 9.68. The van der Waals surface area contributed by atoms with Gasteiger partial charge in [-0.3, -0.25) is 4.79 Å². The number of para-hydroxylation sites is 2. The summed E-state index contributed by atoms with van der Waals surface area (Å²) in [7, 11) is 0. The van der Waals surface area contributed by atoms with Crippen LogP contribution in [0.5, 0.6) is 0 Å². The van der Waals surface area contributed by atoms with Gasteiger partial charge in [-0.25, -0.2) is 9.97 Å². The molecular weight excluding hydrogens is 318 g/mol. The van der Waals surface area contributed by atoms with Crippen LogP contribution >= 0.6 is 11.8 Å². The number of fused-ring (bicyclic) bond motifs is 1. The van der Waals surface area contributed by atoms with E-state index in [4.69, 9.17) is 0 Å². The van der Waals surface area contributed by atoms with Gasteiger partial charge in [-0.2, -0.15) is 0 Å². The number of nitrogens with zero attached hydrogens (tertiary/aromatic N) is 2. The fourth-order valence-electron chi connectivity index (χ4n) is 3.38. The number of carbonyl (C=O) groups excluding carboxylic acids is 1. The standard InChI is InChI=1S/C19H25N3OS/c1-12-7-6-10-15(13(12)2)21-18(23)11-24-19-14(3)20-16-8-4-5-9-17(16)22-19/h4-5,8-9,12-13,15H,6-7,10-11H2,1-3H3,(H,21,23)/t12-,13+,15+/m0/s1.